The van der Waals surface area contributed by atoms with Gasteiger partial charge in [0.2, 0.25) is 0 Å². The highest BCUT2D eigenvalue weighted by Crippen LogP contribution is 2.31. The Morgan fingerprint density at radius 2 is 1.95 bits per heavy atom. The van der Waals surface area contributed by atoms with Crippen molar-refractivity contribution >= 4 is 33.2 Å². The zero-order chi connectivity index (χ0) is 13.6. The van der Waals surface area contributed by atoms with Crippen molar-refractivity contribution in [2.24, 2.45) is 0 Å². The van der Waals surface area contributed by atoms with Gasteiger partial charge in [-0.05, 0) is 43.7 Å². The van der Waals surface area contributed by atoms with Crippen LogP contribution in [0.5, 0.6) is 0 Å². The van der Waals surface area contributed by atoms with Gasteiger partial charge in [-0.25, -0.2) is 4.98 Å². The fourth-order valence-corrected chi connectivity index (χ4v) is 3.14. The lowest BCUT2D eigenvalue weighted by molar-refractivity contribution is 1.09. The van der Waals surface area contributed by atoms with E-state index in [0.717, 1.165) is 32.1 Å². The first-order chi connectivity index (χ1) is 9.06. The number of rotatable bonds is 1. The third kappa shape index (κ3) is 2.17. The number of pyridine rings is 1. The van der Waals surface area contributed by atoms with Gasteiger partial charge in [-0.15, -0.1) is 0 Å². The molecule has 2 nitrogen and oxygen atoms in total. The molecule has 0 fully saturated rings. The Hall–Kier alpha value is -1.32. The van der Waals surface area contributed by atoms with Crippen molar-refractivity contribution in [3.63, 3.8) is 0 Å². The highest BCUT2D eigenvalue weighted by atomic mass is 79.9. The molecule has 0 radical (unpaired) electrons. The number of nitrogens with zero attached hydrogens (tertiary/aromatic N) is 2. The van der Waals surface area contributed by atoms with Gasteiger partial charge in [0.15, 0.2) is 0 Å². The number of imidazole rings is 1. The Kier molecular flexibility index (Phi) is 3.11. The van der Waals surface area contributed by atoms with Gasteiger partial charge in [-0.2, -0.15) is 0 Å². The van der Waals surface area contributed by atoms with E-state index in [2.05, 4.69) is 51.3 Å². The van der Waals surface area contributed by atoms with Crippen LogP contribution in [0.3, 0.4) is 0 Å². The first kappa shape index (κ1) is 12.7. The molecule has 0 saturated carbocycles. The van der Waals surface area contributed by atoms with Crippen molar-refractivity contribution in [2.45, 2.75) is 13.8 Å². The quantitative estimate of drug-likeness (QED) is 0.609. The smallest absolute Gasteiger partial charge is 0.137 e. The molecule has 0 unspecified atom stereocenters. The largest absolute Gasteiger partial charge is 0.297 e. The van der Waals surface area contributed by atoms with Gasteiger partial charge in [0.05, 0.1) is 16.9 Å². The Morgan fingerprint density at radius 3 is 2.68 bits per heavy atom. The summed E-state index contributed by atoms with van der Waals surface area (Å²) in [6.07, 6.45) is 1.87. The molecule has 1 aromatic carbocycles. The molecule has 0 bridgehead atoms. The molecular weight excluding hydrogens is 324 g/mol. The van der Waals surface area contributed by atoms with E-state index in [9.17, 15) is 0 Å². The summed E-state index contributed by atoms with van der Waals surface area (Å²) in [6, 6.07) is 10.1. The monoisotopic (exact) mass is 334 g/mol. The molecular formula is C15H12BrClN2. The van der Waals surface area contributed by atoms with Crippen molar-refractivity contribution < 1.29 is 0 Å². The van der Waals surface area contributed by atoms with E-state index >= 15 is 0 Å². The van der Waals surface area contributed by atoms with Crippen molar-refractivity contribution in [3.05, 3.63) is 57.3 Å². The van der Waals surface area contributed by atoms with Crippen LogP contribution in [-0.4, -0.2) is 9.38 Å². The van der Waals surface area contributed by atoms with Crippen molar-refractivity contribution in [2.75, 3.05) is 0 Å². The summed E-state index contributed by atoms with van der Waals surface area (Å²) >= 11 is 9.76. The summed E-state index contributed by atoms with van der Waals surface area (Å²) in [5, 5.41) is 0.719. The van der Waals surface area contributed by atoms with Gasteiger partial charge in [0.25, 0.3) is 0 Å². The minimum Gasteiger partial charge on any atom is -0.297 e. The average molecular weight is 336 g/mol. The van der Waals surface area contributed by atoms with Gasteiger partial charge in [0.1, 0.15) is 5.65 Å². The Bertz CT molecular complexity index is 777. The average Bonchev–Trinajstić information content (AvgIpc) is 2.72. The zero-order valence-corrected chi connectivity index (χ0v) is 13.0. The number of aryl methyl sites for hydroxylation is 2. The molecule has 19 heavy (non-hydrogen) atoms. The van der Waals surface area contributed by atoms with Crippen LogP contribution in [-0.2, 0) is 0 Å². The molecule has 0 atom stereocenters. The first-order valence-corrected chi connectivity index (χ1v) is 7.13. The van der Waals surface area contributed by atoms with Gasteiger partial charge >= 0.3 is 0 Å². The normalized spacial score (nSPS) is 11.2. The van der Waals surface area contributed by atoms with E-state index in [4.69, 9.17) is 11.6 Å². The van der Waals surface area contributed by atoms with Crippen molar-refractivity contribution in [3.8, 4) is 11.3 Å². The SMILES string of the molecule is Cc1cc(C)n2c(-c3ccc(Br)cc3Cl)cnc2c1. The topological polar surface area (TPSA) is 17.3 Å². The highest BCUT2D eigenvalue weighted by molar-refractivity contribution is 9.10. The Balaban J connectivity index is 2.31. The van der Waals surface area contributed by atoms with Crippen LogP contribution in [0.1, 0.15) is 11.3 Å². The van der Waals surface area contributed by atoms with Crippen LogP contribution in [0, 0.1) is 13.8 Å². The molecule has 3 rings (SSSR count). The summed E-state index contributed by atoms with van der Waals surface area (Å²) in [5.74, 6) is 0. The van der Waals surface area contributed by atoms with Crippen LogP contribution in [0.15, 0.2) is 41.0 Å². The van der Waals surface area contributed by atoms with Gasteiger partial charge in [0, 0.05) is 15.7 Å². The molecule has 0 aliphatic carbocycles. The number of fused-ring (bicyclic) bond motifs is 1. The van der Waals surface area contributed by atoms with Gasteiger partial charge in [-0.3, -0.25) is 4.40 Å². The first-order valence-electron chi connectivity index (χ1n) is 5.96. The van der Waals surface area contributed by atoms with E-state index in [1.165, 1.54) is 5.56 Å². The van der Waals surface area contributed by atoms with E-state index < -0.39 is 0 Å². The third-order valence-corrected chi connectivity index (χ3v) is 3.95. The molecule has 96 valence electrons. The lowest BCUT2D eigenvalue weighted by atomic mass is 10.1. The molecule has 0 spiro atoms. The number of benzene rings is 1. The second kappa shape index (κ2) is 4.66. The molecule has 2 aromatic heterocycles. The maximum atomic E-state index is 6.33. The third-order valence-electron chi connectivity index (χ3n) is 3.14. The maximum Gasteiger partial charge on any atom is 0.137 e. The maximum absolute atomic E-state index is 6.33. The summed E-state index contributed by atoms with van der Waals surface area (Å²) in [5.41, 5.74) is 5.33. The minimum atomic E-state index is 0.719. The number of hydrogen-bond acceptors (Lipinski definition) is 1. The van der Waals surface area contributed by atoms with Crippen LogP contribution in [0.2, 0.25) is 5.02 Å². The van der Waals surface area contributed by atoms with Crippen LogP contribution >= 0.6 is 27.5 Å². The van der Waals surface area contributed by atoms with Crippen LogP contribution in [0.25, 0.3) is 16.9 Å². The standard InChI is InChI=1S/C15H12BrClN2/c1-9-5-10(2)19-14(8-18-15(19)6-9)12-4-3-11(16)7-13(12)17/h3-8H,1-2H3. The van der Waals surface area contributed by atoms with E-state index in [1.807, 2.05) is 24.4 Å². The second-order valence-corrected chi connectivity index (χ2v) is 5.96. The number of aromatic nitrogens is 2. The summed E-state index contributed by atoms with van der Waals surface area (Å²) in [7, 11) is 0. The Morgan fingerprint density at radius 1 is 1.16 bits per heavy atom. The predicted octanol–water partition coefficient (Wildman–Crippen LogP) is 5.03. The van der Waals surface area contributed by atoms with Crippen molar-refractivity contribution in [1.82, 2.24) is 9.38 Å². The van der Waals surface area contributed by atoms with E-state index in [0.29, 0.717) is 0 Å². The molecule has 0 N–H and O–H groups in total. The highest BCUT2D eigenvalue weighted by Gasteiger charge is 2.11. The van der Waals surface area contributed by atoms with Crippen LogP contribution in [0.4, 0.5) is 0 Å². The van der Waals surface area contributed by atoms with Crippen LogP contribution < -0.4 is 0 Å². The lowest BCUT2D eigenvalue weighted by Gasteiger charge is -2.08. The fourth-order valence-electron chi connectivity index (χ4n) is 2.37. The summed E-state index contributed by atoms with van der Waals surface area (Å²) in [4.78, 5) is 4.47. The number of halogens is 2. The molecule has 0 saturated heterocycles. The molecule has 2 heterocycles. The van der Waals surface area contributed by atoms with Gasteiger partial charge in [-0.1, -0.05) is 33.6 Å². The predicted molar refractivity (Wildman–Crippen MR) is 82.8 cm³/mol. The fraction of sp³-hybridized carbons (Fsp3) is 0.133. The number of hydrogen-bond donors (Lipinski definition) is 0. The minimum absolute atomic E-state index is 0.719. The molecule has 4 heteroatoms. The molecule has 0 aliphatic rings. The summed E-state index contributed by atoms with van der Waals surface area (Å²) in [6.45, 7) is 4.16. The van der Waals surface area contributed by atoms with Crippen molar-refractivity contribution in [1.29, 1.82) is 0 Å². The molecule has 3 aromatic rings. The Labute approximate surface area is 125 Å². The molecule has 0 amide bonds. The zero-order valence-electron chi connectivity index (χ0n) is 10.6. The lowest BCUT2D eigenvalue weighted by Crippen LogP contribution is -1.95. The van der Waals surface area contributed by atoms with E-state index in [1.54, 1.807) is 0 Å². The van der Waals surface area contributed by atoms with E-state index in [-0.39, 0.29) is 0 Å². The molecule has 0 aliphatic heterocycles. The summed E-state index contributed by atoms with van der Waals surface area (Å²) < 4.78 is 3.10. The second-order valence-electron chi connectivity index (χ2n) is 4.64. The van der Waals surface area contributed by atoms with Gasteiger partial charge < -0.3 is 0 Å².